The number of methoxy groups -OCH3 is 1. The van der Waals surface area contributed by atoms with Crippen molar-refractivity contribution in [3.8, 4) is 11.5 Å². The lowest BCUT2D eigenvalue weighted by molar-refractivity contribution is -0.150. The summed E-state index contributed by atoms with van der Waals surface area (Å²) in [7, 11) is 1.37. The number of nitrogens with zero attached hydrogens (tertiary/aromatic N) is 1. The zero-order valence-electron chi connectivity index (χ0n) is 15.1. The molecule has 8 heteroatoms. The Morgan fingerprint density at radius 2 is 1.96 bits per heavy atom. The summed E-state index contributed by atoms with van der Waals surface area (Å²) in [5.41, 5.74) is -0.157. The Balaban J connectivity index is 2.89. The topological polar surface area (TPSA) is 104 Å². The molecule has 25 heavy (non-hydrogen) atoms. The fraction of sp³-hybridized carbons (Fsp3) is 0.529. The Bertz CT molecular complexity index is 632. The number of hydrogen-bond donors (Lipinski definition) is 1. The third kappa shape index (κ3) is 6.06. The van der Waals surface area contributed by atoms with Crippen LogP contribution in [0.4, 0.5) is 0 Å². The van der Waals surface area contributed by atoms with Crippen molar-refractivity contribution in [3.05, 3.63) is 18.0 Å². The molecule has 0 bridgehead atoms. The molecule has 0 fully saturated rings. The maximum atomic E-state index is 12.4. The second kappa shape index (κ2) is 9.61. The first-order valence-corrected chi connectivity index (χ1v) is 8.02. The van der Waals surface area contributed by atoms with Crippen LogP contribution in [0.15, 0.2) is 12.3 Å². The minimum atomic E-state index is -0.884. The van der Waals surface area contributed by atoms with Gasteiger partial charge in [0.05, 0.1) is 13.2 Å². The predicted octanol–water partition coefficient (Wildman–Crippen LogP) is 1.87. The van der Waals surface area contributed by atoms with Gasteiger partial charge in [-0.2, -0.15) is 0 Å². The lowest BCUT2D eigenvalue weighted by Crippen LogP contribution is -2.41. The van der Waals surface area contributed by atoms with Crippen LogP contribution in [0.3, 0.4) is 0 Å². The van der Waals surface area contributed by atoms with Crippen LogP contribution in [0, 0.1) is 0 Å². The van der Waals surface area contributed by atoms with Gasteiger partial charge in [0, 0.05) is 19.2 Å². The van der Waals surface area contributed by atoms with E-state index in [4.69, 9.17) is 14.2 Å². The van der Waals surface area contributed by atoms with E-state index in [1.54, 1.807) is 6.92 Å². The molecule has 138 valence electrons. The Kier molecular flexibility index (Phi) is 7.84. The monoisotopic (exact) mass is 352 g/mol. The van der Waals surface area contributed by atoms with Crippen LogP contribution in [-0.2, 0) is 14.3 Å². The number of rotatable bonds is 8. The van der Waals surface area contributed by atoms with E-state index < -0.39 is 23.9 Å². The molecule has 0 unspecified atom stereocenters. The summed E-state index contributed by atoms with van der Waals surface area (Å²) in [5.74, 6) is -1.77. The minimum Gasteiger partial charge on any atom is -0.493 e. The summed E-state index contributed by atoms with van der Waals surface area (Å²) in [6, 6.07) is 0.573. The number of ether oxygens (including phenoxy) is 3. The predicted molar refractivity (Wildman–Crippen MR) is 89.5 cm³/mol. The molecule has 1 amide bonds. The fourth-order valence-electron chi connectivity index (χ4n) is 2.09. The molecule has 1 N–H and O–H groups in total. The summed E-state index contributed by atoms with van der Waals surface area (Å²) in [6.45, 7) is 6.48. The second-order valence-electron chi connectivity index (χ2n) is 5.52. The first kappa shape index (κ1) is 20.4. The van der Waals surface area contributed by atoms with Crippen LogP contribution in [0.1, 0.15) is 51.0 Å². The largest absolute Gasteiger partial charge is 0.493 e. The van der Waals surface area contributed by atoms with Crippen molar-refractivity contribution in [2.45, 2.75) is 52.7 Å². The van der Waals surface area contributed by atoms with Gasteiger partial charge in [0.2, 0.25) is 5.75 Å². The average Bonchev–Trinajstić information content (AvgIpc) is 2.54. The SMILES string of the molecule is CCC[C@H](C)OC(=O)[C@H](C)NC(=O)c1nccc(OC)c1OC(C)=O. The molecule has 8 nitrogen and oxygen atoms in total. The highest BCUT2D eigenvalue weighted by Gasteiger charge is 2.25. The number of hydrogen-bond acceptors (Lipinski definition) is 7. The maximum Gasteiger partial charge on any atom is 0.328 e. The second-order valence-corrected chi connectivity index (χ2v) is 5.52. The number of carbonyl (C=O) groups excluding carboxylic acids is 3. The lowest BCUT2D eigenvalue weighted by Gasteiger charge is -2.18. The molecule has 0 aromatic carbocycles. The van der Waals surface area contributed by atoms with E-state index in [-0.39, 0.29) is 23.3 Å². The summed E-state index contributed by atoms with van der Waals surface area (Å²) in [6.07, 6.45) is 2.73. The first-order chi connectivity index (χ1) is 11.8. The van der Waals surface area contributed by atoms with Crippen molar-refractivity contribution in [1.82, 2.24) is 10.3 Å². The number of nitrogens with one attached hydrogen (secondary N) is 1. The highest BCUT2D eigenvalue weighted by molar-refractivity contribution is 5.98. The van der Waals surface area contributed by atoms with Crippen molar-refractivity contribution >= 4 is 17.8 Å². The molecule has 2 atom stereocenters. The molecule has 0 saturated carbocycles. The van der Waals surface area contributed by atoms with E-state index in [9.17, 15) is 14.4 Å². The number of esters is 2. The van der Waals surface area contributed by atoms with Crippen molar-refractivity contribution in [2.24, 2.45) is 0 Å². The molecule has 0 aliphatic heterocycles. The molecular weight excluding hydrogens is 328 g/mol. The van der Waals surface area contributed by atoms with E-state index >= 15 is 0 Å². The van der Waals surface area contributed by atoms with Gasteiger partial charge in [-0.25, -0.2) is 9.78 Å². The summed E-state index contributed by atoms with van der Waals surface area (Å²) in [5, 5.41) is 2.49. The molecule has 0 saturated heterocycles. The summed E-state index contributed by atoms with van der Waals surface area (Å²) < 4.78 is 15.3. The van der Waals surface area contributed by atoms with Crippen LogP contribution >= 0.6 is 0 Å². The smallest absolute Gasteiger partial charge is 0.328 e. The van der Waals surface area contributed by atoms with Gasteiger partial charge < -0.3 is 19.5 Å². The number of amides is 1. The zero-order valence-corrected chi connectivity index (χ0v) is 15.1. The van der Waals surface area contributed by atoms with Crippen molar-refractivity contribution in [1.29, 1.82) is 0 Å². The maximum absolute atomic E-state index is 12.4. The number of pyridine rings is 1. The van der Waals surface area contributed by atoms with Crippen molar-refractivity contribution in [3.63, 3.8) is 0 Å². The van der Waals surface area contributed by atoms with Gasteiger partial charge >= 0.3 is 11.9 Å². The molecule has 1 rings (SSSR count). The van der Waals surface area contributed by atoms with E-state index in [2.05, 4.69) is 10.3 Å². The van der Waals surface area contributed by atoms with Gasteiger partial charge in [-0.05, 0) is 20.3 Å². The zero-order chi connectivity index (χ0) is 19.0. The number of aromatic nitrogens is 1. The Morgan fingerprint density at radius 3 is 2.52 bits per heavy atom. The Labute approximate surface area is 146 Å². The Morgan fingerprint density at radius 1 is 1.28 bits per heavy atom. The first-order valence-electron chi connectivity index (χ1n) is 8.02. The van der Waals surface area contributed by atoms with Crippen LogP contribution < -0.4 is 14.8 Å². The van der Waals surface area contributed by atoms with Gasteiger partial charge in [-0.3, -0.25) is 9.59 Å². The van der Waals surface area contributed by atoms with Crippen LogP contribution in [0.5, 0.6) is 11.5 Å². The van der Waals surface area contributed by atoms with Gasteiger partial charge in [0.15, 0.2) is 11.4 Å². The molecular formula is C17H24N2O6. The molecule has 1 heterocycles. The van der Waals surface area contributed by atoms with Crippen LogP contribution in [0.25, 0.3) is 0 Å². The average molecular weight is 352 g/mol. The standard InChI is InChI=1S/C17H24N2O6/c1-6-7-10(2)24-17(22)11(3)19-16(21)14-15(25-12(4)20)13(23-5)8-9-18-14/h8-11H,6-7H2,1-5H3,(H,19,21)/t10-,11-/m0/s1. The van der Waals surface area contributed by atoms with Crippen LogP contribution in [0.2, 0.25) is 0 Å². The van der Waals surface area contributed by atoms with Gasteiger partial charge in [-0.15, -0.1) is 0 Å². The van der Waals surface area contributed by atoms with E-state index in [0.717, 1.165) is 12.8 Å². The van der Waals surface area contributed by atoms with Crippen LogP contribution in [-0.4, -0.2) is 42.1 Å². The van der Waals surface area contributed by atoms with E-state index in [1.807, 2.05) is 6.92 Å². The molecule has 1 aromatic heterocycles. The molecule has 0 radical (unpaired) electrons. The van der Waals surface area contributed by atoms with Crippen molar-refractivity contribution < 1.29 is 28.6 Å². The normalized spacial score (nSPS) is 12.7. The number of carbonyl (C=O) groups is 3. The minimum absolute atomic E-state index is 0.102. The Hall–Kier alpha value is -2.64. The van der Waals surface area contributed by atoms with E-state index in [0.29, 0.717) is 0 Å². The molecule has 1 aromatic rings. The molecule has 0 aliphatic carbocycles. The molecule has 0 spiro atoms. The summed E-state index contributed by atoms with van der Waals surface area (Å²) >= 11 is 0. The van der Waals surface area contributed by atoms with Gasteiger partial charge in [0.25, 0.3) is 5.91 Å². The van der Waals surface area contributed by atoms with Crippen molar-refractivity contribution in [2.75, 3.05) is 7.11 Å². The third-order valence-corrected chi connectivity index (χ3v) is 3.26. The third-order valence-electron chi connectivity index (χ3n) is 3.26. The van der Waals surface area contributed by atoms with Gasteiger partial charge in [-0.1, -0.05) is 13.3 Å². The van der Waals surface area contributed by atoms with Gasteiger partial charge in [0.1, 0.15) is 6.04 Å². The lowest BCUT2D eigenvalue weighted by atomic mass is 10.2. The quantitative estimate of drug-likeness (QED) is 0.712. The molecule has 0 aliphatic rings. The fourth-order valence-corrected chi connectivity index (χ4v) is 2.09. The van der Waals surface area contributed by atoms with E-state index in [1.165, 1.54) is 33.2 Å². The highest BCUT2D eigenvalue weighted by Crippen LogP contribution is 2.29. The summed E-state index contributed by atoms with van der Waals surface area (Å²) in [4.78, 5) is 39.6. The highest BCUT2D eigenvalue weighted by atomic mass is 16.6.